The number of carbonyl (C=O) groups excluding carboxylic acids is 1. The average Bonchev–Trinajstić information content (AvgIpc) is 3.08. The highest BCUT2D eigenvalue weighted by Gasteiger charge is 2.16. The van der Waals surface area contributed by atoms with E-state index in [0.717, 1.165) is 0 Å². The minimum Gasteiger partial charge on any atom is -0.504 e. The summed E-state index contributed by atoms with van der Waals surface area (Å²) in [7, 11) is 1.44. The molecular formula is C19H16N4O5. The Morgan fingerprint density at radius 2 is 1.96 bits per heavy atom. The summed E-state index contributed by atoms with van der Waals surface area (Å²) in [6.07, 6.45) is 2.93. The largest absolute Gasteiger partial charge is 0.504 e. The fraction of sp³-hybridized carbons (Fsp3) is 0.105. The highest BCUT2D eigenvalue weighted by molar-refractivity contribution is 6.06. The zero-order valence-electron chi connectivity index (χ0n) is 15.1. The van der Waals surface area contributed by atoms with Crippen LogP contribution in [-0.4, -0.2) is 37.9 Å². The molecule has 3 aromatic rings. The van der Waals surface area contributed by atoms with Gasteiger partial charge in [-0.25, -0.2) is 4.68 Å². The van der Waals surface area contributed by atoms with Gasteiger partial charge < -0.3 is 9.84 Å². The van der Waals surface area contributed by atoms with Crippen LogP contribution in [0.25, 0.3) is 11.8 Å². The van der Waals surface area contributed by atoms with Crippen LogP contribution in [0.5, 0.6) is 11.5 Å². The molecule has 0 aliphatic heterocycles. The normalized spacial score (nSPS) is 10.9. The first-order chi connectivity index (χ1) is 13.4. The molecular weight excluding hydrogens is 364 g/mol. The van der Waals surface area contributed by atoms with Crippen molar-refractivity contribution in [3.63, 3.8) is 0 Å². The summed E-state index contributed by atoms with van der Waals surface area (Å²) in [6, 6.07) is 10.5. The summed E-state index contributed by atoms with van der Waals surface area (Å²) >= 11 is 0. The smallest absolute Gasteiger partial charge is 0.269 e. The molecule has 0 unspecified atom stereocenters. The summed E-state index contributed by atoms with van der Waals surface area (Å²) in [5, 5.41) is 28.3. The number of aromatic hydroxyl groups is 1. The van der Waals surface area contributed by atoms with Crippen molar-refractivity contribution in [1.82, 2.24) is 15.0 Å². The van der Waals surface area contributed by atoms with Gasteiger partial charge in [0, 0.05) is 12.1 Å². The zero-order valence-corrected chi connectivity index (χ0v) is 15.1. The SMILES string of the molecule is COc1cc(/C=C/C(=O)c2nnn(-c3ccc([N+](=O)[O-])cc3)c2C)ccc1O. The molecule has 9 nitrogen and oxygen atoms in total. The van der Waals surface area contributed by atoms with Crippen LogP contribution in [-0.2, 0) is 0 Å². The molecule has 1 N–H and O–H groups in total. The van der Waals surface area contributed by atoms with Gasteiger partial charge in [0.2, 0.25) is 5.78 Å². The standard InChI is InChI=1S/C19H16N4O5/c1-12-19(17(25)10-4-13-3-9-16(24)18(11-13)28-2)20-21-22(12)14-5-7-15(8-6-14)23(26)27/h3-11,24H,1-2H3/b10-4+. The van der Waals surface area contributed by atoms with Gasteiger partial charge in [-0.3, -0.25) is 14.9 Å². The fourth-order valence-corrected chi connectivity index (χ4v) is 2.57. The summed E-state index contributed by atoms with van der Waals surface area (Å²) in [6.45, 7) is 1.69. The summed E-state index contributed by atoms with van der Waals surface area (Å²) in [4.78, 5) is 22.7. The van der Waals surface area contributed by atoms with Crippen molar-refractivity contribution in [3.8, 4) is 17.2 Å². The lowest BCUT2D eigenvalue weighted by Crippen LogP contribution is -2.02. The number of rotatable bonds is 6. The lowest BCUT2D eigenvalue weighted by molar-refractivity contribution is -0.384. The number of phenolic OH excluding ortho intramolecular Hbond substituents is 1. The number of methoxy groups -OCH3 is 1. The molecule has 0 saturated heterocycles. The second-order valence-corrected chi connectivity index (χ2v) is 5.84. The maximum Gasteiger partial charge on any atom is 0.269 e. The number of non-ortho nitro benzene ring substituents is 1. The number of ether oxygens (including phenoxy) is 1. The summed E-state index contributed by atoms with van der Waals surface area (Å²) in [5.41, 5.74) is 1.86. The van der Waals surface area contributed by atoms with Crippen molar-refractivity contribution in [1.29, 1.82) is 0 Å². The number of carbonyl (C=O) groups is 1. The van der Waals surface area contributed by atoms with E-state index in [2.05, 4.69) is 10.3 Å². The molecule has 9 heteroatoms. The molecule has 142 valence electrons. The van der Waals surface area contributed by atoms with Gasteiger partial charge in [-0.1, -0.05) is 17.4 Å². The van der Waals surface area contributed by atoms with Crippen molar-refractivity contribution in [2.45, 2.75) is 6.92 Å². The van der Waals surface area contributed by atoms with Crippen LogP contribution in [0, 0.1) is 17.0 Å². The maximum atomic E-state index is 12.5. The zero-order chi connectivity index (χ0) is 20.3. The van der Waals surface area contributed by atoms with Gasteiger partial charge in [-0.15, -0.1) is 5.10 Å². The lowest BCUT2D eigenvalue weighted by Gasteiger charge is -2.03. The van der Waals surface area contributed by atoms with E-state index in [-0.39, 0.29) is 22.9 Å². The molecule has 0 amide bonds. The highest BCUT2D eigenvalue weighted by Crippen LogP contribution is 2.26. The first-order valence-corrected chi connectivity index (χ1v) is 8.17. The highest BCUT2D eigenvalue weighted by atomic mass is 16.6. The Morgan fingerprint density at radius 3 is 2.61 bits per heavy atom. The number of allylic oxidation sites excluding steroid dienone is 1. The second kappa shape index (κ2) is 7.70. The minimum absolute atomic E-state index is 0.00728. The monoisotopic (exact) mass is 380 g/mol. The number of hydrogen-bond donors (Lipinski definition) is 1. The topological polar surface area (TPSA) is 120 Å². The molecule has 0 aliphatic carbocycles. The van der Waals surface area contributed by atoms with E-state index in [1.54, 1.807) is 25.1 Å². The Kier molecular flexibility index (Phi) is 5.16. The summed E-state index contributed by atoms with van der Waals surface area (Å²) in [5.74, 6) is -0.0412. The molecule has 0 atom stereocenters. The van der Waals surface area contributed by atoms with Gasteiger partial charge in [0.05, 0.1) is 23.4 Å². The molecule has 0 bridgehead atoms. The number of phenols is 1. The van der Waals surface area contributed by atoms with Crippen molar-refractivity contribution < 1.29 is 19.6 Å². The van der Waals surface area contributed by atoms with Gasteiger partial charge in [-0.05, 0) is 42.8 Å². The van der Waals surface area contributed by atoms with E-state index in [1.807, 2.05) is 0 Å². The van der Waals surface area contributed by atoms with Crippen molar-refractivity contribution in [2.24, 2.45) is 0 Å². The number of nitrogens with zero attached hydrogens (tertiary/aromatic N) is 4. The third-order valence-corrected chi connectivity index (χ3v) is 4.06. The van der Waals surface area contributed by atoms with Crippen LogP contribution >= 0.6 is 0 Å². The van der Waals surface area contributed by atoms with E-state index in [0.29, 0.717) is 22.7 Å². The Balaban J connectivity index is 1.83. The van der Waals surface area contributed by atoms with E-state index >= 15 is 0 Å². The number of benzene rings is 2. The number of aromatic nitrogens is 3. The molecule has 2 aromatic carbocycles. The van der Waals surface area contributed by atoms with E-state index < -0.39 is 4.92 Å². The molecule has 0 radical (unpaired) electrons. The minimum atomic E-state index is -0.490. The van der Waals surface area contributed by atoms with Crippen molar-refractivity contribution in [3.05, 3.63) is 75.6 Å². The van der Waals surface area contributed by atoms with Crippen LogP contribution in [0.4, 0.5) is 5.69 Å². The predicted octanol–water partition coefficient (Wildman–Crippen LogP) is 3.09. The Hall–Kier alpha value is -4.01. The molecule has 0 saturated carbocycles. The summed E-state index contributed by atoms with van der Waals surface area (Å²) < 4.78 is 6.47. The fourth-order valence-electron chi connectivity index (χ4n) is 2.57. The number of ketones is 1. The van der Waals surface area contributed by atoms with Gasteiger partial charge in [0.1, 0.15) is 0 Å². The molecule has 3 rings (SSSR count). The van der Waals surface area contributed by atoms with Gasteiger partial charge in [0.25, 0.3) is 5.69 Å². The molecule has 28 heavy (non-hydrogen) atoms. The van der Waals surface area contributed by atoms with Crippen LogP contribution in [0.1, 0.15) is 21.7 Å². The average molecular weight is 380 g/mol. The molecule has 0 aliphatic rings. The predicted molar refractivity (Wildman–Crippen MR) is 101 cm³/mol. The Bertz CT molecular complexity index is 1070. The quantitative estimate of drug-likeness (QED) is 0.302. The van der Waals surface area contributed by atoms with Gasteiger partial charge >= 0.3 is 0 Å². The van der Waals surface area contributed by atoms with Gasteiger partial charge in [0.15, 0.2) is 17.2 Å². The molecule has 0 fully saturated rings. The third-order valence-electron chi connectivity index (χ3n) is 4.06. The maximum absolute atomic E-state index is 12.5. The Labute approximate surface area is 159 Å². The van der Waals surface area contributed by atoms with E-state index in [4.69, 9.17) is 4.74 Å². The van der Waals surface area contributed by atoms with Crippen LogP contribution in [0.3, 0.4) is 0 Å². The second-order valence-electron chi connectivity index (χ2n) is 5.84. The van der Waals surface area contributed by atoms with E-state index in [9.17, 15) is 20.0 Å². The first kappa shape index (κ1) is 18.8. The first-order valence-electron chi connectivity index (χ1n) is 8.17. The van der Waals surface area contributed by atoms with E-state index in [1.165, 1.54) is 48.2 Å². The van der Waals surface area contributed by atoms with Gasteiger partial charge in [-0.2, -0.15) is 0 Å². The van der Waals surface area contributed by atoms with Crippen LogP contribution < -0.4 is 4.74 Å². The molecule has 1 aromatic heterocycles. The number of hydrogen-bond acceptors (Lipinski definition) is 7. The van der Waals surface area contributed by atoms with Crippen molar-refractivity contribution >= 4 is 17.5 Å². The lowest BCUT2D eigenvalue weighted by atomic mass is 10.1. The Morgan fingerprint density at radius 1 is 1.25 bits per heavy atom. The van der Waals surface area contributed by atoms with Crippen LogP contribution in [0.15, 0.2) is 48.5 Å². The number of nitro groups is 1. The van der Waals surface area contributed by atoms with Crippen molar-refractivity contribution in [2.75, 3.05) is 7.11 Å². The number of nitro benzene ring substituents is 1. The third kappa shape index (κ3) is 3.73. The molecule has 0 spiro atoms. The van der Waals surface area contributed by atoms with Crippen LogP contribution in [0.2, 0.25) is 0 Å². The molecule has 1 heterocycles.